The number of primary amides is 1. The van der Waals surface area contributed by atoms with E-state index in [4.69, 9.17) is 60.0 Å². The first-order valence-electron chi connectivity index (χ1n) is 26.2. The number of fused-ring (bicyclic) bond motifs is 5. The quantitative estimate of drug-likeness (QED) is 0.0529. The molecule has 0 saturated carbocycles. The second-order valence-electron chi connectivity index (χ2n) is 20.2. The van der Waals surface area contributed by atoms with Gasteiger partial charge in [0.2, 0.25) is 29.5 Å². The molecule has 0 aromatic heterocycles. The summed E-state index contributed by atoms with van der Waals surface area (Å²) in [6, 6.07) is 1.41. The highest BCUT2D eigenvalue weighted by molar-refractivity contribution is 6.35. The third-order valence-corrected chi connectivity index (χ3v) is 14.7. The highest BCUT2D eigenvalue weighted by atomic mass is 35.5. The van der Waals surface area contributed by atoms with E-state index in [0.29, 0.717) is 50.9 Å². The lowest BCUT2D eigenvalue weighted by atomic mass is 9.83. The summed E-state index contributed by atoms with van der Waals surface area (Å²) >= 11 is 6.82. The zero-order valence-electron chi connectivity index (χ0n) is 46.0. The molecule has 3 fully saturated rings. The number of aliphatic hydroxyl groups is 2. The smallest absolute Gasteiger partial charge is 0.409 e. The van der Waals surface area contributed by atoms with E-state index >= 15 is 0 Å². The Bertz CT molecular complexity index is 2320. The van der Waals surface area contributed by atoms with Crippen LogP contribution in [0, 0.1) is 5.92 Å². The number of carbonyl (C=O) groups excluding carboxylic acids is 7. The van der Waals surface area contributed by atoms with Crippen molar-refractivity contribution in [1.82, 2.24) is 20.4 Å². The van der Waals surface area contributed by atoms with Crippen LogP contribution in [0.15, 0.2) is 35.9 Å². The summed E-state index contributed by atoms with van der Waals surface area (Å²) < 4.78 is 51.0. The van der Waals surface area contributed by atoms with Crippen LogP contribution in [0.1, 0.15) is 78.2 Å². The highest BCUT2D eigenvalue weighted by Crippen LogP contribution is 2.49. The molecule has 10 atom stereocenters. The number of anilines is 1. The van der Waals surface area contributed by atoms with Gasteiger partial charge in [-0.3, -0.25) is 29.3 Å². The van der Waals surface area contributed by atoms with Crippen molar-refractivity contribution in [1.29, 1.82) is 0 Å². The number of likely N-dealkylation sites (N-methyl/N-ethyl adjacent to an activating group) is 1. The van der Waals surface area contributed by atoms with Crippen molar-refractivity contribution in [2.45, 2.75) is 133 Å². The van der Waals surface area contributed by atoms with Crippen molar-refractivity contribution in [2.75, 3.05) is 99.2 Å². The predicted octanol–water partition coefficient (Wildman–Crippen LogP) is 1.70. The number of hydrogen-bond donors (Lipinski definition) is 5. The minimum absolute atomic E-state index is 0.0382. The zero-order valence-corrected chi connectivity index (χ0v) is 46.7. The molecule has 0 aliphatic carbocycles. The summed E-state index contributed by atoms with van der Waals surface area (Å²) in [4.78, 5) is 96.2. The number of halogens is 1. The van der Waals surface area contributed by atoms with Crippen LogP contribution in [0.2, 0.25) is 5.02 Å². The van der Waals surface area contributed by atoms with Gasteiger partial charge in [-0.05, 0) is 51.3 Å². The molecule has 0 radical (unpaired) electrons. The predicted molar refractivity (Wildman–Crippen MR) is 281 cm³/mol. The molecular formula is C53H79ClN6O18. The van der Waals surface area contributed by atoms with Gasteiger partial charge in [0.1, 0.15) is 46.8 Å². The van der Waals surface area contributed by atoms with Crippen molar-refractivity contribution >= 4 is 58.9 Å². The number of epoxide rings is 1. The van der Waals surface area contributed by atoms with Gasteiger partial charge in [-0.15, -0.1) is 0 Å². The van der Waals surface area contributed by atoms with Gasteiger partial charge in [-0.2, -0.15) is 0 Å². The summed E-state index contributed by atoms with van der Waals surface area (Å²) in [5.74, 6) is -3.46. The molecule has 4 aliphatic heterocycles. The standard InChI is InChI=1S/C53H79ClN6O18/c1-32-11-9-12-41(71-8)53(69)30-40(76-51(68)57-53)33(2)48-52(4,78-48)42(29-46(65)59(6)37-26-35(25-32)27-39(70-7)47(37)54)77-50(67)34(3)58(5)44(63)13-10-14-45(64)60-31-36(61)28-38(60)49(66)56-16-18-73-20-22-75-24-23-74-21-19-72-17-15-43(55)62/h9,11-12,26-27,33-34,36,38,40-42,48,61,69H,10,13-25,28-31H2,1-8H3,(H2,55,62)(H,56,66)(H,57,68)/b12-9+,32-11+/t33-,34+,36?,38-,40+,41-,42+,48+,52+,53+/m1/s1. The maximum atomic E-state index is 14.4. The third kappa shape index (κ3) is 17.5. The maximum absolute atomic E-state index is 14.4. The van der Waals surface area contributed by atoms with Crippen LogP contribution in [0.4, 0.5) is 10.5 Å². The molecule has 5 rings (SSSR count). The number of methoxy groups -OCH3 is 2. The summed E-state index contributed by atoms with van der Waals surface area (Å²) in [6.45, 7) is 9.23. The van der Waals surface area contributed by atoms with Gasteiger partial charge in [0.05, 0.1) is 84.3 Å². The van der Waals surface area contributed by atoms with Crippen LogP contribution < -0.4 is 26.0 Å². The molecule has 25 heteroatoms. The molecule has 3 saturated heterocycles. The van der Waals surface area contributed by atoms with Crippen molar-refractivity contribution in [3.63, 3.8) is 0 Å². The highest BCUT2D eigenvalue weighted by Gasteiger charge is 2.64. The Hall–Kier alpha value is -5.44. The Morgan fingerprint density at radius 3 is 2.29 bits per heavy atom. The van der Waals surface area contributed by atoms with E-state index in [1.165, 1.54) is 49.9 Å². The van der Waals surface area contributed by atoms with E-state index in [9.17, 15) is 43.8 Å². The summed E-state index contributed by atoms with van der Waals surface area (Å²) in [7, 11) is 5.81. The zero-order chi connectivity index (χ0) is 57.3. The van der Waals surface area contributed by atoms with E-state index in [0.717, 1.165) is 11.1 Å². The number of carbonyl (C=O) groups is 7. The van der Waals surface area contributed by atoms with Crippen LogP contribution in [0.3, 0.4) is 0 Å². The number of nitrogens with two attached hydrogens (primary N) is 1. The third-order valence-electron chi connectivity index (χ3n) is 14.4. The number of aliphatic hydroxyl groups excluding tert-OH is 1. The molecule has 78 heavy (non-hydrogen) atoms. The second kappa shape index (κ2) is 29.7. The monoisotopic (exact) mass is 1120 g/mol. The second-order valence-corrected chi connectivity index (χ2v) is 20.5. The number of likely N-dealkylation sites (tertiary alicyclic amines) is 1. The molecule has 6 N–H and O–H groups in total. The van der Waals surface area contributed by atoms with E-state index < -0.39 is 108 Å². The number of nitrogens with one attached hydrogen (secondary N) is 2. The molecule has 4 bridgehead atoms. The Morgan fingerprint density at radius 2 is 1.65 bits per heavy atom. The van der Waals surface area contributed by atoms with Gasteiger partial charge >= 0.3 is 12.1 Å². The molecule has 0 spiro atoms. The van der Waals surface area contributed by atoms with Crippen LogP contribution in [-0.2, 0) is 73.1 Å². The van der Waals surface area contributed by atoms with Crippen LogP contribution in [-0.4, -0.2) is 210 Å². The average molecular weight is 1120 g/mol. The molecule has 4 heterocycles. The van der Waals surface area contributed by atoms with E-state index in [1.807, 2.05) is 13.0 Å². The Morgan fingerprint density at radius 1 is 1.00 bits per heavy atom. The van der Waals surface area contributed by atoms with Crippen molar-refractivity contribution in [2.24, 2.45) is 11.7 Å². The van der Waals surface area contributed by atoms with Crippen molar-refractivity contribution in [3.8, 4) is 5.75 Å². The number of nitrogens with zero attached hydrogens (tertiary/aromatic N) is 3. The Labute approximate surface area is 460 Å². The maximum Gasteiger partial charge on any atom is 0.409 e. The number of alkyl carbamates (subject to hydrolysis) is 1. The first-order valence-corrected chi connectivity index (χ1v) is 26.6. The van der Waals surface area contributed by atoms with Gasteiger partial charge in [-0.1, -0.05) is 42.3 Å². The van der Waals surface area contributed by atoms with E-state index in [-0.39, 0.29) is 76.5 Å². The van der Waals surface area contributed by atoms with Gasteiger partial charge in [0, 0.05) is 72.3 Å². The SMILES string of the molecule is COc1cc2cc(c1Cl)N(C)C(=O)C[C@H](OC(=O)[C@H](C)N(C)C(=O)CCCC(=O)N1CC(O)C[C@@H]1C(=O)NCCOCCOCCOCCOCCC(N)=O)[C@]1(C)O[C@H]1[C@H](C)[C@@H]1C[C@@](O)(NC(=O)O1)[C@H](OC)/C=C/C=C(\C)C2. The summed E-state index contributed by atoms with van der Waals surface area (Å²) in [5.41, 5.74) is 3.81. The van der Waals surface area contributed by atoms with E-state index in [2.05, 4.69) is 10.6 Å². The summed E-state index contributed by atoms with van der Waals surface area (Å²) in [6.07, 6.45) is -0.700. The lowest BCUT2D eigenvalue weighted by Gasteiger charge is -2.42. The average Bonchev–Trinajstić information content (AvgIpc) is 3.94. The fraction of sp³-hybridized carbons (Fsp3) is 0.679. The molecule has 1 aromatic rings. The first kappa shape index (κ1) is 63.4. The number of esters is 1. The number of benzene rings is 1. The van der Waals surface area contributed by atoms with Crippen LogP contribution >= 0.6 is 11.6 Å². The fourth-order valence-corrected chi connectivity index (χ4v) is 9.88. The minimum Gasteiger partial charge on any atom is -0.495 e. The molecule has 24 nitrogen and oxygen atoms in total. The van der Waals surface area contributed by atoms with Crippen molar-refractivity contribution in [3.05, 3.63) is 46.5 Å². The first-order chi connectivity index (χ1) is 37.0. The van der Waals surface area contributed by atoms with Gasteiger partial charge in [0.25, 0.3) is 0 Å². The lowest BCUT2D eigenvalue weighted by Crippen LogP contribution is -2.63. The number of ether oxygens (including phenoxy) is 9. The van der Waals surface area contributed by atoms with Crippen LogP contribution in [0.5, 0.6) is 5.75 Å². The number of β-amino-alcohol motifs (C(OH)–C–C–N with tert-alkyl or cyclic N) is 1. The Balaban J connectivity index is 1.16. The largest absolute Gasteiger partial charge is 0.495 e. The fourth-order valence-electron chi connectivity index (χ4n) is 9.57. The van der Waals surface area contributed by atoms with Gasteiger partial charge < -0.3 is 78.6 Å². The molecular weight excluding hydrogens is 1040 g/mol. The molecule has 4 aliphatic rings. The van der Waals surface area contributed by atoms with Gasteiger partial charge in [0.15, 0.2) is 5.72 Å². The number of rotatable bonds is 25. The number of allylic oxidation sites excluding steroid dienone is 3. The van der Waals surface area contributed by atoms with Gasteiger partial charge in [-0.25, -0.2) is 9.59 Å². The molecule has 1 unspecified atom stereocenters. The summed E-state index contributed by atoms with van der Waals surface area (Å²) in [5, 5.41) is 27.7. The normalized spacial score (nSPS) is 27.8. The molecule has 6 amide bonds. The Kier molecular flexibility index (Phi) is 24.1. The van der Waals surface area contributed by atoms with E-state index in [1.54, 1.807) is 38.1 Å². The topological polar surface area (TPSA) is 306 Å². The number of amides is 6. The molecule has 436 valence electrons. The molecule has 1 aromatic carbocycles. The number of hydrogen-bond acceptors (Lipinski definition) is 18. The van der Waals surface area contributed by atoms with Crippen molar-refractivity contribution < 1.29 is 86.4 Å². The minimum atomic E-state index is -1.89. The lowest BCUT2D eigenvalue weighted by molar-refractivity contribution is -0.162. The van der Waals surface area contributed by atoms with Crippen LogP contribution in [0.25, 0.3) is 0 Å².